The molecular weight excluding hydrogens is 532 g/mol. The number of ether oxygens (including phenoxy) is 4. The molecule has 1 spiro atoms. The third kappa shape index (κ3) is 5.47. The Labute approximate surface area is 239 Å². The third-order valence-electron chi connectivity index (χ3n) is 8.29. The van der Waals surface area contributed by atoms with Gasteiger partial charge in [-0.15, -0.1) is 0 Å². The first-order chi connectivity index (χ1) is 19.0. The maximum atomic E-state index is 12.1. The van der Waals surface area contributed by atoms with E-state index in [9.17, 15) is 25.0 Å². The fourth-order valence-corrected chi connectivity index (χ4v) is 6.65. The number of nitrogens with zero attached hydrogens (tertiary/aromatic N) is 2. The van der Waals surface area contributed by atoms with Gasteiger partial charge in [0.1, 0.15) is 19.3 Å². The van der Waals surface area contributed by atoms with Crippen molar-refractivity contribution in [2.45, 2.75) is 89.8 Å². The van der Waals surface area contributed by atoms with Gasteiger partial charge in [0.05, 0.1) is 16.0 Å². The fraction of sp³-hybridized carbons (Fsp3) is 0.567. The number of nitro groups is 2. The van der Waals surface area contributed by atoms with Crippen molar-refractivity contribution in [3.05, 3.63) is 66.7 Å². The smallest absolute Gasteiger partial charge is 0.311 e. The van der Waals surface area contributed by atoms with E-state index in [1.165, 1.54) is 6.92 Å². The van der Waals surface area contributed by atoms with Crippen molar-refractivity contribution in [1.82, 2.24) is 0 Å². The van der Waals surface area contributed by atoms with Crippen LogP contribution in [0.3, 0.4) is 0 Å². The van der Waals surface area contributed by atoms with Crippen LogP contribution in [0.5, 0.6) is 11.5 Å². The lowest BCUT2D eigenvalue weighted by atomic mass is 9.72. The number of carbonyl (C=O) groups is 1. The summed E-state index contributed by atoms with van der Waals surface area (Å²) in [5.41, 5.74) is 1.76. The average Bonchev–Trinajstić information content (AvgIpc) is 3.23. The summed E-state index contributed by atoms with van der Waals surface area (Å²) in [7, 11) is 1.55. The number of carbonyl (C=O) groups excluding carboxylic acids is 1. The van der Waals surface area contributed by atoms with Crippen LogP contribution < -0.4 is 9.47 Å². The molecule has 0 aliphatic heterocycles. The molecule has 2 aliphatic carbocycles. The molecule has 4 rings (SSSR count). The SMILES string of the molecule is COC(C)COc1cc2c(cc1[N+](=O)[O-])C(C)(C)CC21CC(C)(C)c2cc([N+](=O)[O-])c(OCC(C)OC(C)=O)cc21. The lowest BCUT2D eigenvalue weighted by Crippen LogP contribution is -2.27. The highest BCUT2D eigenvalue weighted by Gasteiger charge is 2.57. The molecule has 11 nitrogen and oxygen atoms in total. The summed E-state index contributed by atoms with van der Waals surface area (Å²) in [6.45, 7) is 13.1. The van der Waals surface area contributed by atoms with Crippen LogP contribution in [-0.4, -0.2) is 48.3 Å². The average molecular weight is 571 g/mol. The Hall–Kier alpha value is -3.73. The minimum Gasteiger partial charge on any atom is -0.484 e. The number of fused-ring (bicyclic) bond motifs is 4. The van der Waals surface area contributed by atoms with Gasteiger partial charge in [0.2, 0.25) is 0 Å². The van der Waals surface area contributed by atoms with Crippen LogP contribution in [-0.2, 0) is 30.5 Å². The number of hydrogen-bond donors (Lipinski definition) is 0. The summed E-state index contributed by atoms with van der Waals surface area (Å²) in [4.78, 5) is 34.7. The largest absolute Gasteiger partial charge is 0.484 e. The minimum absolute atomic E-state index is 0.0560. The van der Waals surface area contributed by atoms with Gasteiger partial charge in [-0.3, -0.25) is 25.0 Å². The molecule has 2 aromatic rings. The van der Waals surface area contributed by atoms with Gasteiger partial charge in [-0.25, -0.2) is 0 Å². The Kier molecular flexibility index (Phi) is 7.81. The number of benzene rings is 2. The molecular formula is C30H38N2O9. The lowest BCUT2D eigenvalue weighted by molar-refractivity contribution is -0.386. The van der Waals surface area contributed by atoms with E-state index >= 15 is 0 Å². The van der Waals surface area contributed by atoms with Crippen molar-refractivity contribution in [2.75, 3.05) is 20.3 Å². The molecule has 0 saturated heterocycles. The van der Waals surface area contributed by atoms with Gasteiger partial charge >= 0.3 is 17.3 Å². The second kappa shape index (κ2) is 10.6. The molecule has 11 heteroatoms. The van der Waals surface area contributed by atoms with Crippen LogP contribution in [0.15, 0.2) is 24.3 Å². The van der Waals surface area contributed by atoms with Crippen LogP contribution in [0.25, 0.3) is 0 Å². The molecule has 0 bridgehead atoms. The summed E-state index contributed by atoms with van der Waals surface area (Å²) >= 11 is 0. The van der Waals surface area contributed by atoms with Crippen LogP contribution in [0.2, 0.25) is 0 Å². The monoisotopic (exact) mass is 570 g/mol. The van der Waals surface area contributed by atoms with Gasteiger partial charge in [0.15, 0.2) is 11.5 Å². The van der Waals surface area contributed by atoms with E-state index < -0.39 is 38.2 Å². The maximum absolute atomic E-state index is 12.1. The van der Waals surface area contributed by atoms with Gasteiger partial charge in [-0.2, -0.15) is 0 Å². The van der Waals surface area contributed by atoms with Gasteiger partial charge in [-0.1, -0.05) is 27.7 Å². The van der Waals surface area contributed by atoms with Crippen molar-refractivity contribution < 1.29 is 33.6 Å². The zero-order valence-electron chi connectivity index (χ0n) is 24.9. The van der Waals surface area contributed by atoms with Gasteiger partial charge in [0, 0.05) is 31.6 Å². The van der Waals surface area contributed by atoms with E-state index in [0.717, 1.165) is 22.3 Å². The van der Waals surface area contributed by atoms with Crippen LogP contribution in [0.1, 0.15) is 83.6 Å². The number of nitro benzene ring substituents is 2. The fourth-order valence-electron chi connectivity index (χ4n) is 6.65. The molecule has 0 N–H and O–H groups in total. The van der Waals surface area contributed by atoms with Crippen molar-refractivity contribution in [2.24, 2.45) is 0 Å². The molecule has 0 heterocycles. The van der Waals surface area contributed by atoms with Gasteiger partial charge in [0.25, 0.3) is 0 Å². The normalized spacial score (nSPS) is 21.1. The predicted octanol–water partition coefficient (Wildman–Crippen LogP) is 5.90. The van der Waals surface area contributed by atoms with Crippen molar-refractivity contribution in [3.8, 4) is 11.5 Å². The summed E-state index contributed by atoms with van der Waals surface area (Å²) in [5.74, 6) is -0.222. The molecule has 0 saturated carbocycles. The quantitative estimate of drug-likeness (QED) is 0.194. The zero-order chi connectivity index (χ0) is 30.5. The Balaban J connectivity index is 1.90. The Bertz CT molecular complexity index is 1400. The predicted molar refractivity (Wildman–Crippen MR) is 151 cm³/mol. The minimum atomic E-state index is -0.605. The summed E-state index contributed by atoms with van der Waals surface area (Å²) in [5, 5.41) is 24.2. The molecule has 0 radical (unpaired) electrons. The lowest BCUT2D eigenvalue weighted by Gasteiger charge is -2.30. The number of esters is 1. The van der Waals surface area contributed by atoms with Crippen LogP contribution in [0, 0.1) is 20.2 Å². The van der Waals surface area contributed by atoms with E-state index in [1.54, 1.807) is 38.3 Å². The first-order valence-corrected chi connectivity index (χ1v) is 13.6. The standard InChI is InChI=1S/C30H38N2O9/c1-17(38-8)13-39-26-11-22-20(9-24(26)31(34)35)28(4,5)15-30(22)16-29(6,7)21-10-25(32(36)37)27(12-23(21)30)40-14-18(2)41-19(3)33/h9-12,17-18H,13-16H2,1-8H3. The van der Waals surface area contributed by atoms with Gasteiger partial charge in [-0.05, 0) is 71.9 Å². The third-order valence-corrected chi connectivity index (χ3v) is 8.29. The molecule has 0 amide bonds. The van der Waals surface area contributed by atoms with Crippen molar-refractivity contribution in [3.63, 3.8) is 0 Å². The zero-order valence-corrected chi connectivity index (χ0v) is 24.9. The molecule has 3 unspecified atom stereocenters. The second-order valence-electron chi connectivity index (χ2n) is 12.5. The molecule has 3 atom stereocenters. The number of methoxy groups -OCH3 is 1. The van der Waals surface area contributed by atoms with Crippen molar-refractivity contribution in [1.29, 1.82) is 0 Å². The summed E-state index contributed by atoms with van der Waals surface area (Å²) in [6, 6.07) is 6.72. The Morgan fingerprint density at radius 3 is 1.59 bits per heavy atom. The second-order valence-corrected chi connectivity index (χ2v) is 12.5. The molecule has 0 fully saturated rings. The highest BCUT2D eigenvalue weighted by Crippen LogP contribution is 2.64. The first kappa shape index (κ1) is 30.2. The Morgan fingerprint density at radius 1 is 0.805 bits per heavy atom. The van der Waals surface area contributed by atoms with Crippen molar-refractivity contribution >= 4 is 17.3 Å². The highest BCUT2D eigenvalue weighted by molar-refractivity contribution is 5.68. The van der Waals surface area contributed by atoms with E-state index in [2.05, 4.69) is 27.7 Å². The molecule has 0 aromatic heterocycles. The molecule has 41 heavy (non-hydrogen) atoms. The molecule has 2 aliphatic rings. The van der Waals surface area contributed by atoms with E-state index in [-0.39, 0.29) is 42.2 Å². The summed E-state index contributed by atoms with van der Waals surface area (Å²) in [6.07, 6.45) is 0.407. The first-order valence-electron chi connectivity index (χ1n) is 13.6. The van der Waals surface area contributed by atoms with E-state index in [1.807, 2.05) is 6.92 Å². The molecule has 2 aromatic carbocycles. The van der Waals surface area contributed by atoms with Crippen LogP contribution in [0.4, 0.5) is 11.4 Å². The number of hydrogen-bond acceptors (Lipinski definition) is 9. The van der Waals surface area contributed by atoms with E-state index in [0.29, 0.717) is 12.8 Å². The van der Waals surface area contributed by atoms with E-state index in [4.69, 9.17) is 18.9 Å². The topological polar surface area (TPSA) is 140 Å². The highest BCUT2D eigenvalue weighted by atomic mass is 16.6. The Morgan fingerprint density at radius 2 is 1.22 bits per heavy atom. The van der Waals surface area contributed by atoms with Gasteiger partial charge < -0.3 is 18.9 Å². The molecule has 222 valence electrons. The number of rotatable bonds is 10. The summed E-state index contributed by atoms with van der Waals surface area (Å²) < 4.78 is 22.3. The maximum Gasteiger partial charge on any atom is 0.311 e. The van der Waals surface area contributed by atoms with Crippen LogP contribution >= 0.6 is 0 Å².